The molecule has 2 aromatic rings. The second-order valence-electron chi connectivity index (χ2n) is 6.32. The van der Waals surface area contributed by atoms with Crippen LogP contribution in [0.1, 0.15) is 41.9 Å². The molecule has 0 unspecified atom stereocenters. The predicted molar refractivity (Wildman–Crippen MR) is 94.7 cm³/mol. The third kappa shape index (κ3) is 4.65. The molecule has 0 aromatic carbocycles. The molecule has 1 saturated carbocycles. The molecular weight excluding hydrogens is 318 g/mol. The van der Waals surface area contributed by atoms with E-state index < -0.39 is 0 Å². The molecule has 1 amide bonds. The standard InChI is InChI=1S/C18H23N5O2/c1-23(2)16-9-10-19-15(22-16)12-21-18(24)13-7-8-17(20-11-13)25-14-5-3-4-6-14/h7-11,14H,3-6,12H2,1-2H3,(H,21,24). The molecule has 7 heteroatoms. The van der Waals surface area contributed by atoms with Crippen LogP contribution < -0.4 is 15.0 Å². The summed E-state index contributed by atoms with van der Waals surface area (Å²) in [6, 6.07) is 5.29. The summed E-state index contributed by atoms with van der Waals surface area (Å²) in [5.74, 6) is 1.73. The van der Waals surface area contributed by atoms with Gasteiger partial charge >= 0.3 is 0 Å². The number of ether oxygens (including phenoxy) is 1. The van der Waals surface area contributed by atoms with Crippen LogP contribution in [0.5, 0.6) is 5.88 Å². The van der Waals surface area contributed by atoms with Gasteiger partial charge in [-0.3, -0.25) is 4.79 Å². The van der Waals surface area contributed by atoms with Gasteiger partial charge in [0.25, 0.3) is 5.91 Å². The largest absolute Gasteiger partial charge is 0.474 e. The number of carbonyl (C=O) groups is 1. The van der Waals surface area contributed by atoms with Crippen molar-refractivity contribution >= 4 is 11.7 Å². The van der Waals surface area contributed by atoms with E-state index in [1.54, 1.807) is 18.3 Å². The van der Waals surface area contributed by atoms with Crippen molar-refractivity contribution in [2.75, 3.05) is 19.0 Å². The van der Waals surface area contributed by atoms with Crippen molar-refractivity contribution in [3.05, 3.63) is 42.0 Å². The van der Waals surface area contributed by atoms with Gasteiger partial charge in [0.05, 0.1) is 12.1 Å². The van der Waals surface area contributed by atoms with Gasteiger partial charge in [0, 0.05) is 32.6 Å². The van der Waals surface area contributed by atoms with Gasteiger partial charge in [0.1, 0.15) is 17.7 Å². The number of hydrogen-bond donors (Lipinski definition) is 1. The predicted octanol–water partition coefficient (Wildman–Crippen LogP) is 2.19. The van der Waals surface area contributed by atoms with Crippen molar-refractivity contribution in [2.24, 2.45) is 0 Å². The molecule has 2 heterocycles. The number of carbonyl (C=O) groups excluding carboxylic acids is 1. The first-order valence-corrected chi connectivity index (χ1v) is 8.52. The molecule has 3 rings (SSSR count). The lowest BCUT2D eigenvalue weighted by molar-refractivity contribution is 0.0949. The van der Waals surface area contributed by atoms with Gasteiger partial charge in [-0.2, -0.15) is 0 Å². The monoisotopic (exact) mass is 341 g/mol. The molecule has 2 aromatic heterocycles. The van der Waals surface area contributed by atoms with Crippen molar-refractivity contribution < 1.29 is 9.53 Å². The Hall–Kier alpha value is -2.70. The van der Waals surface area contributed by atoms with Crippen LogP contribution in [0.2, 0.25) is 0 Å². The molecule has 1 aliphatic rings. The third-order valence-corrected chi connectivity index (χ3v) is 4.14. The molecule has 0 bridgehead atoms. The van der Waals surface area contributed by atoms with Gasteiger partial charge in [0.2, 0.25) is 5.88 Å². The number of amides is 1. The van der Waals surface area contributed by atoms with Crippen LogP contribution in [-0.4, -0.2) is 41.1 Å². The highest BCUT2D eigenvalue weighted by Gasteiger charge is 2.17. The summed E-state index contributed by atoms with van der Waals surface area (Å²) in [5.41, 5.74) is 0.488. The zero-order valence-corrected chi connectivity index (χ0v) is 14.6. The minimum Gasteiger partial charge on any atom is -0.474 e. The van der Waals surface area contributed by atoms with Crippen molar-refractivity contribution in [1.82, 2.24) is 20.3 Å². The second-order valence-corrected chi connectivity index (χ2v) is 6.32. The Labute approximate surface area is 147 Å². The normalized spacial score (nSPS) is 14.3. The summed E-state index contributed by atoms with van der Waals surface area (Å²) in [5, 5.41) is 2.81. The Morgan fingerprint density at radius 3 is 2.72 bits per heavy atom. The van der Waals surface area contributed by atoms with Crippen LogP contribution in [0.3, 0.4) is 0 Å². The van der Waals surface area contributed by atoms with E-state index in [0.29, 0.717) is 17.3 Å². The van der Waals surface area contributed by atoms with Crippen molar-refractivity contribution in [1.29, 1.82) is 0 Å². The zero-order chi connectivity index (χ0) is 17.6. The van der Waals surface area contributed by atoms with Gasteiger partial charge in [-0.15, -0.1) is 0 Å². The number of aromatic nitrogens is 3. The Kier molecular flexibility index (Phi) is 5.42. The number of nitrogens with zero attached hydrogens (tertiary/aromatic N) is 4. The van der Waals surface area contributed by atoms with E-state index in [-0.39, 0.29) is 18.6 Å². The van der Waals surface area contributed by atoms with E-state index >= 15 is 0 Å². The smallest absolute Gasteiger partial charge is 0.253 e. The number of pyridine rings is 1. The molecule has 0 aliphatic heterocycles. The first-order chi connectivity index (χ1) is 12.1. The lowest BCUT2D eigenvalue weighted by atomic mass is 10.2. The highest BCUT2D eigenvalue weighted by molar-refractivity contribution is 5.93. The van der Waals surface area contributed by atoms with Crippen molar-refractivity contribution in [2.45, 2.75) is 38.3 Å². The molecule has 1 fully saturated rings. The molecule has 0 spiro atoms. The fourth-order valence-corrected chi connectivity index (χ4v) is 2.75. The lowest BCUT2D eigenvalue weighted by Crippen LogP contribution is -2.24. The summed E-state index contributed by atoms with van der Waals surface area (Å²) in [4.78, 5) is 26.9. The van der Waals surface area contributed by atoms with E-state index in [2.05, 4.69) is 20.3 Å². The highest BCUT2D eigenvalue weighted by atomic mass is 16.5. The highest BCUT2D eigenvalue weighted by Crippen LogP contribution is 2.22. The van der Waals surface area contributed by atoms with E-state index in [4.69, 9.17) is 4.74 Å². The van der Waals surface area contributed by atoms with Gasteiger partial charge in [-0.05, 0) is 37.8 Å². The SMILES string of the molecule is CN(C)c1ccnc(CNC(=O)c2ccc(OC3CCCC3)nc2)n1. The number of rotatable bonds is 6. The van der Waals surface area contributed by atoms with E-state index in [0.717, 1.165) is 18.7 Å². The van der Waals surface area contributed by atoms with E-state index in [1.807, 2.05) is 25.1 Å². The molecule has 0 atom stereocenters. The summed E-state index contributed by atoms with van der Waals surface area (Å²) < 4.78 is 5.81. The fraction of sp³-hybridized carbons (Fsp3) is 0.444. The average Bonchev–Trinajstić information content (AvgIpc) is 3.13. The zero-order valence-electron chi connectivity index (χ0n) is 14.6. The molecule has 0 saturated heterocycles. The number of hydrogen-bond acceptors (Lipinski definition) is 6. The van der Waals surface area contributed by atoms with Crippen molar-refractivity contribution in [3.63, 3.8) is 0 Å². The topological polar surface area (TPSA) is 80.2 Å². The quantitative estimate of drug-likeness (QED) is 0.867. The molecule has 7 nitrogen and oxygen atoms in total. The molecule has 1 aliphatic carbocycles. The molecule has 0 radical (unpaired) electrons. The first-order valence-electron chi connectivity index (χ1n) is 8.52. The lowest BCUT2D eigenvalue weighted by Gasteiger charge is -2.12. The van der Waals surface area contributed by atoms with Crippen LogP contribution >= 0.6 is 0 Å². The fourth-order valence-electron chi connectivity index (χ4n) is 2.75. The first kappa shape index (κ1) is 17.1. The summed E-state index contributed by atoms with van der Waals surface area (Å²) in [6.45, 7) is 0.265. The van der Waals surface area contributed by atoms with Gasteiger partial charge in [-0.1, -0.05) is 0 Å². The number of anilines is 1. The third-order valence-electron chi connectivity index (χ3n) is 4.14. The summed E-state index contributed by atoms with van der Waals surface area (Å²) >= 11 is 0. The Balaban J connectivity index is 1.55. The minimum atomic E-state index is -0.209. The molecular formula is C18H23N5O2. The Bertz CT molecular complexity index is 712. The van der Waals surface area contributed by atoms with Crippen molar-refractivity contribution in [3.8, 4) is 5.88 Å². The average molecular weight is 341 g/mol. The van der Waals surface area contributed by atoms with Crippen LogP contribution in [0.15, 0.2) is 30.6 Å². The maximum atomic E-state index is 12.2. The van der Waals surface area contributed by atoms with E-state index in [9.17, 15) is 4.79 Å². The maximum Gasteiger partial charge on any atom is 0.253 e. The second kappa shape index (κ2) is 7.92. The summed E-state index contributed by atoms with van der Waals surface area (Å²) in [7, 11) is 3.82. The van der Waals surface area contributed by atoms with Gasteiger partial charge in [-0.25, -0.2) is 15.0 Å². The van der Waals surface area contributed by atoms with Gasteiger partial charge < -0.3 is 15.0 Å². The van der Waals surface area contributed by atoms with E-state index in [1.165, 1.54) is 19.0 Å². The number of nitrogens with one attached hydrogen (secondary N) is 1. The van der Waals surface area contributed by atoms with Crippen LogP contribution in [0.4, 0.5) is 5.82 Å². The minimum absolute atomic E-state index is 0.209. The summed E-state index contributed by atoms with van der Waals surface area (Å²) in [6.07, 6.45) is 8.06. The van der Waals surface area contributed by atoms with Crippen LogP contribution in [-0.2, 0) is 6.54 Å². The van der Waals surface area contributed by atoms with Gasteiger partial charge in [0.15, 0.2) is 0 Å². The van der Waals surface area contributed by atoms with Crippen LogP contribution in [0.25, 0.3) is 0 Å². The maximum absolute atomic E-state index is 12.2. The molecule has 132 valence electrons. The molecule has 25 heavy (non-hydrogen) atoms. The van der Waals surface area contributed by atoms with Crippen LogP contribution in [0, 0.1) is 0 Å². The Morgan fingerprint density at radius 1 is 1.24 bits per heavy atom. The molecule has 1 N–H and O–H groups in total. The Morgan fingerprint density at radius 2 is 2.04 bits per heavy atom.